The highest BCUT2D eigenvalue weighted by Gasteiger charge is 2.34. The predicted molar refractivity (Wildman–Crippen MR) is 136 cm³/mol. The lowest BCUT2D eigenvalue weighted by Crippen LogP contribution is -2.35. The van der Waals surface area contributed by atoms with Gasteiger partial charge < -0.3 is 4.57 Å². The van der Waals surface area contributed by atoms with Gasteiger partial charge in [-0.3, -0.25) is 10.2 Å². The van der Waals surface area contributed by atoms with E-state index in [-0.39, 0.29) is 11.4 Å². The minimum absolute atomic E-state index is 0.0558. The number of thioether (sulfide) groups is 1. The second-order valence-electron chi connectivity index (χ2n) is 8.01. The monoisotopic (exact) mass is 449 g/mol. The van der Waals surface area contributed by atoms with Crippen LogP contribution in [0.3, 0.4) is 0 Å². The van der Waals surface area contributed by atoms with E-state index in [1.54, 1.807) is 6.08 Å². The van der Waals surface area contributed by atoms with Crippen LogP contribution in [-0.4, -0.2) is 31.5 Å². The van der Waals surface area contributed by atoms with Crippen molar-refractivity contribution in [2.45, 2.75) is 13.5 Å². The second kappa shape index (κ2) is 7.56. The Morgan fingerprint density at radius 1 is 1.00 bits per heavy atom. The molecule has 2 aliphatic heterocycles. The molecule has 0 aliphatic carbocycles. The molecule has 0 fully saturated rings. The number of para-hydroxylation sites is 1. The Balaban J connectivity index is 1.45. The highest BCUT2D eigenvalue weighted by atomic mass is 32.2. The molecule has 0 saturated heterocycles. The molecule has 0 spiro atoms. The van der Waals surface area contributed by atoms with Crippen molar-refractivity contribution >= 4 is 61.5 Å². The van der Waals surface area contributed by atoms with Gasteiger partial charge in [0.05, 0.1) is 10.6 Å². The number of rotatable bonds is 3. The fourth-order valence-corrected chi connectivity index (χ4v) is 5.11. The van der Waals surface area contributed by atoms with E-state index in [1.807, 2.05) is 31.3 Å². The number of carbonyl (C=O) groups excluding carboxylic acids is 1. The molecule has 0 unspecified atom stereocenters. The molecule has 0 saturated carbocycles. The van der Waals surface area contributed by atoms with Gasteiger partial charge in [-0.2, -0.15) is 15.1 Å². The lowest BCUT2D eigenvalue weighted by molar-refractivity contribution is -0.114. The van der Waals surface area contributed by atoms with Gasteiger partial charge in [0.25, 0.3) is 5.91 Å². The van der Waals surface area contributed by atoms with Crippen LogP contribution in [0.15, 0.2) is 88.6 Å². The summed E-state index contributed by atoms with van der Waals surface area (Å²) in [6, 6.07) is 22.9. The number of hydrazone groups is 1. The number of nitrogens with zero attached hydrogens (tertiary/aromatic N) is 4. The average molecular weight is 450 g/mol. The van der Waals surface area contributed by atoms with Crippen LogP contribution in [0.2, 0.25) is 0 Å². The van der Waals surface area contributed by atoms with E-state index in [0.717, 1.165) is 21.5 Å². The lowest BCUT2D eigenvalue weighted by Gasteiger charge is -2.20. The molecule has 0 atom stereocenters. The molecular weight excluding hydrogens is 430 g/mol. The van der Waals surface area contributed by atoms with Crippen molar-refractivity contribution in [2.75, 3.05) is 0 Å². The lowest BCUT2D eigenvalue weighted by atomic mass is 10.0. The van der Waals surface area contributed by atoms with E-state index in [1.165, 1.54) is 33.1 Å². The molecule has 6 nitrogen and oxygen atoms in total. The Labute approximate surface area is 194 Å². The predicted octanol–water partition coefficient (Wildman–Crippen LogP) is 5.48. The third kappa shape index (κ3) is 3.29. The third-order valence-electron chi connectivity index (χ3n) is 5.90. The number of amides is 1. The molecule has 3 aromatic carbocycles. The Morgan fingerprint density at radius 3 is 2.64 bits per heavy atom. The Hall–Kier alpha value is -3.97. The number of carbonyl (C=O) groups is 1. The van der Waals surface area contributed by atoms with Crippen LogP contribution in [-0.2, 0) is 11.3 Å². The van der Waals surface area contributed by atoms with Gasteiger partial charge in [0.1, 0.15) is 0 Å². The zero-order valence-corrected chi connectivity index (χ0v) is 18.6. The molecular formula is C26H19N5OS. The van der Waals surface area contributed by atoms with Crippen LogP contribution in [0.4, 0.5) is 0 Å². The fraction of sp³-hybridized carbons (Fsp3) is 0.0769. The van der Waals surface area contributed by atoms with Gasteiger partial charge in [0.15, 0.2) is 5.84 Å². The normalized spacial score (nSPS) is 17.1. The zero-order chi connectivity index (χ0) is 22.5. The number of amidine groups is 2. The number of benzene rings is 3. The van der Waals surface area contributed by atoms with Crippen LogP contribution in [0, 0.1) is 5.41 Å². The molecule has 160 valence electrons. The molecule has 1 amide bonds. The maximum atomic E-state index is 12.7. The molecule has 1 aromatic heterocycles. The van der Waals surface area contributed by atoms with E-state index in [0.29, 0.717) is 11.7 Å². The summed E-state index contributed by atoms with van der Waals surface area (Å²) in [4.78, 5) is 16.9. The SMILES string of the molecule is CC1=NN2C(=N)/C(=C/c3cn(Cc4cccc5ccccc45)c4ccccc34)C(=O)N=C2S1. The molecule has 6 rings (SSSR count). The first-order valence-corrected chi connectivity index (χ1v) is 11.4. The number of aromatic nitrogens is 1. The Bertz CT molecular complexity index is 1570. The van der Waals surface area contributed by atoms with Gasteiger partial charge in [-0.1, -0.05) is 60.7 Å². The Kier molecular flexibility index (Phi) is 4.52. The van der Waals surface area contributed by atoms with Crippen LogP contribution >= 0.6 is 11.8 Å². The van der Waals surface area contributed by atoms with E-state index in [2.05, 4.69) is 63.2 Å². The summed E-state index contributed by atoms with van der Waals surface area (Å²) in [7, 11) is 0. The first-order chi connectivity index (χ1) is 16.1. The molecule has 0 bridgehead atoms. The van der Waals surface area contributed by atoms with Crippen molar-refractivity contribution in [1.29, 1.82) is 5.41 Å². The largest absolute Gasteiger partial charge is 0.342 e. The number of aliphatic imine (C=N–C) groups is 1. The van der Waals surface area contributed by atoms with Gasteiger partial charge in [-0.05, 0) is 47.2 Å². The van der Waals surface area contributed by atoms with E-state index in [4.69, 9.17) is 5.41 Å². The molecule has 0 radical (unpaired) electrons. The molecule has 4 aromatic rings. The highest BCUT2D eigenvalue weighted by molar-refractivity contribution is 8.26. The molecule has 2 aliphatic rings. The van der Waals surface area contributed by atoms with Crippen LogP contribution in [0.5, 0.6) is 0 Å². The van der Waals surface area contributed by atoms with Crippen molar-refractivity contribution in [2.24, 2.45) is 10.1 Å². The van der Waals surface area contributed by atoms with Gasteiger partial charge in [0, 0.05) is 29.2 Å². The van der Waals surface area contributed by atoms with Crippen LogP contribution < -0.4 is 0 Å². The highest BCUT2D eigenvalue weighted by Crippen LogP contribution is 2.30. The summed E-state index contributed by atoms with van der Waals surface area (Å²) in [6.07, 6.45) is 3.81. The van der Waals surface area contributed by atoms with Crippen LogP contribution in [0.25, 0.3) is 27.8 Å². The number of hydrogen-bond acceptors (Lipinski definition) is 4. The molecule has 7 heteroatoms. The van der Waals surface area contributed by atoms with Crippen molar-refractivity contribution in [3.05, 3.63) is 89.6 Å². The summed E-state index contributed by atoms with van der Waals surface area (Å²) < 4.78 is 2.20. The van der Waals surface area contributed by atoms with Gasteiger partial charge in [0.2, 0.25) is 5.17 Å². The summed E-state index contributed by atoms with van der Waals surface area (Å²) in [5, 5.41) is 19.0. The Morgan fingerprint density at radius 2 is 1.76 bits per heavy atom. The summed E-state index contributed by atoms with van der Waals surface area (Å²) in [6.45, 7) is 2.54. The van der Waals surface area contributed by atoms with Gasteiger partial charge in [-0.15, -0.1) is 0 Å². The maximum Gasteiger partial charge on any atom is 0.283 e. The topological polar surface area (TPSA) is 73.8 Å². The average Bonchev–Trinajstić information content (AvgIpc) is 3.37. The molecule has 3 heterocycles. The minimum atomic E-state index is -0.408. The van der Waals surface area contributed by atoms with Gasteiger partial charge >= 0.3 is 0 Å². The molecule has 33 heavy (non-hydrogen) atoms. The van der Waals surface area contributed by atoms with E-state index in [9.17, 15) is 4.79 Å². The number of nitrogens with one attached hydrogen (secondary N) is 1. The summed E-state index contributed by atoms with van der Waals surface area (Å²) in [5.41, 5.74) is 3.42. The summed E-state index contributed by atoms with van der Waals surface area (Å²) >= 11 is 1.31. The second-order valence-corrected chi connectivity index (χ2v) is 9.17. The fourth-order valence-electron chi connectivity index (χ4n) is 4.38. The van der Waals surface area contributed by atoms with E-state index >= 15 is 0 Å². The third-order valence-corrected chi connectivity index (χ3v) is 6.72. The maximum absolute atomic E-state index is 12.7. The van der Waals surface area contributed by atoms with Crippen LogP contribution in [0.1, 0.15) is 18.1 Å². The van der Waals surface area contributed by atoms with Crippen molar-refractivity contribution < 1.29 is 4.79 Å². The first kappa shape index (κ1) is 19.7. The number of fused-ring (bicyclic) bond motifs is 3. The first-order valence-electron chi connectivity index (χ1n) is 10.6. The van der Waals surface area contributed by atoms with Crippen molar-refractivity contribution in [3.8, 4) is 0 Å². The summed E-state index contributed by atoms with van der Waals surface area (Å²) in [5.74, 6) is -0.352. The molecule has 1 N–H and O–H groups in total. The smallest absolute Gasteiger partial charge is 0.283 e. The van der Waals surface area contributed by atoms with Gasteiger partial charge in [-0.25, -0.2) is 0 Å². The van der Waals surface area contributed by atoms with E-state index < -0.39 is 5.91 Å². The zero-order valence-electron chi connectivity index (χ0n) is 17.8. The quantitative estimate of drug-likeness (QED) is 0.421. The number of hydrogen-bond donors (Lipinski definition) is 1. The van der Waals surface area contributed by atoms with Crippen molar-refractivity contribution in [3.63, 3.8) is 0 Å². The minimum Gasteiger partial charge on any atom is -0.342 e. The van der Waals surface area contributed by atoms with Crippen molar-refractivity contribution in [1.82, 2.24) is 9.58 Å². The standard InChI is InChI=1S/C26H19N5OS/c1-16-29-31-24(27)22(25(32)28-26(31)33-16)13-19-15-30(23-12-5-4-11-21(19)23)14-18-9-6-8-17-7-2-3-10-20(17)18/h2-13,15,27H,14H2,1H3/b22-13-,27-24?.